The smallest absolute Gasteiger partial charge is 0.00533 e. The van der Waals surface area contributed by atoms with E-state index in [0.717, 1.165) is 10.8 Å². The van der Waals surface area contributed by atoms with Gasteiger partial charge in [-0.2, -0.15) is 0 Å². The maximum Gasteiger partial charge on any atom is 0.00533 e. The Morgan fingerprint density at radius 2 is 1.38 bits per heavy atom. The predicted molar refractivity (Wildman–Crippen MR) is 53.7 cm³/mol. The molecule has 1 saturated carbocycles. The molecule has 1 unspecified atom stereocenters. The average Bonchev–Trinajstić information content (AvgIpc) is 2.42. The van der Waals surface area contributed by atoms with E-state index < -0.39 is 0 Å². The Hall–Kier alpha value is -0.0800. The molecule has 0 aromatic carbocycles. The Labute approximate surface area is 80.9 Å². The molecule has 74 valence electrons. The Morgan fingerprint density at radius 3 is 1.77 bits per heavy atom. The molecule has 2 heteroatoms. The van der Waals surface area contributed by atoms with Crippen molar-refractivity contribution in [3.05, 3.63) is 0 Å². The zero-order valence-corrected chi connectivity index (χ0v) is 8.84. The van der Waals surface area contributed by atoms with Crippen LogP contribution in [0.2, 0.25) is 0 Å². The minimum atomic E-state index is 0.744. The molecular weight excluding hydrogens is 160 g/mol. The maximum atomic E-state index is 2.53. The van der Waals surface area contributed by atoms with Gasteiger partial charge in [0.25, 0.3) is 0 Å². The van der Waals surface area contributed by atoms with Crippen molar-refractivity contribution in [3.63, 3.8) is 0 Å². The van der Waals surface area contributed by atoms with Crippen molar-refractivity contribution >= 4 is 0 Å². The van der Waals surface area contributed by atoms with Crippen molar-refractivity contribution in [2.24, 2.45) is 10.8 Å². The zero-order chi connectivity index (χ0) is 9.10. The molecule has 1 atom stereocenters. The van der Waals surface area contributed by atoms with E-state index in [-0.39, 0.29) is 0 Å². The van der Waals surface area contributed by atoms with Gasteiger partial charge in [0.1, 0.15) is 0 Å². The molecule has 2 heterocycles. The minimum Gasteiger partial charge on any atom is -0.306 e. The molecule has 1 aliphatic carbocycles. The Morgan fingerprint density at radius 1 is 0.769 bits per heavy atom. The lowest BCUT2D eigenvalue weighted by Crippen LogP contribution is -2.69. The summed E-state index contributed by atoms with van der Waals surface area (Å²) in [6.07, 6.45) is 4.48. The second-order valence-electron chi connectivity index (χ2n) is 5.72. The summed E-state index contributed by atoms with van der Waals surface area (Å²) in [5, 5.41) is 0. The first-order valence-electron chi connectivity index (χ1n) is 5.53. The fraction of sp³-hybridized carbons (Fsp3) is 1.00. The zero-order valence-electron chi connectivity index (χ0n) is 8.84. The fourth-order valence-corrected chi connectivity index (χ4v) is 4.03. The van der Waals surface area contributed by atoms with Crippen molar-refractivity contribution < 1.29 is 0 Å². The third kappa shape index (κ3) is 0.861. The summed E-state index contributed by atoms with van der Waals surface area (Å²) in [6, 6.07) is 0. The van der Waals surface area contributed by atoms with Crippen LogP contribution in [0.15, 0.2) is 0 Å². The van der Waals surface area contributed by atoms with Gasteiger partial charge in [0.05, 0.1) is 0 Å². The standard InChI is InChI=1S/C11H20N2/c1-12-6-5-10(7-12)3-4-11(10)8-13(2)9-11/h3-9H2,1-2H3. The lowest BCUT2D eigenvalue weighted by molar-refractivity contribution is -0.166. The van der Waals surface area contributed by atoms with Crippen LogP contribution in [0.5, 0.6) is 0 Å². The Kier molecular flexibility index (Phi) is 1.45. The van der Waals surface area contributed by atoms with Crippen molar-refractivity contribution in [1.82, 2.24) is 9.80 Å². The van der Waals surface area contributed by atoms with Gasteiger partial charge >= 0.3 is 0 Å². The second-order valence-corrected chi connectivity index (χ2v) is 5.72. The lowest BCUT2D eigenvalue weighted by Gasteiger charge is -2.66. The monoisotopic (exact) mass is 180 g/mol. The van der Waals surface area contributed by atoms with Crippen LogP contribution in [0.1, 0.15) is 19.3 Å². The molecule has 0 bridgehead atoms. The summed E-state index contributed by atoms with van der Waals surface area (Å²) in [6.45, 7) is 5.47. The summed E-state index contributed by atoms with van der Waals surface area (Å²) in [5.74, 6) is 0. The van der Waals surface area contributed by atoms with Crippen LogP contribution in [-0.4, -0.2) is 50.1 Å². The molecule has 0 aromatic heterocycles. The van der Waals surface area contributed by atoms with Crippen molar-refractivity contribution in [3.8, 4) is 0 Å². The quantitative estimate of drug-likeness (QED) is 0.549. The highest BCUT2D eigenvalue weighted by Gasteiger charge is 2.64. The molecule has 0 radical (unpaired) electrons. The minimum absolute atomic E-state index is 0.744. The summed E-state index contributed by atoms with van der Waals surface area (Å²) in [5.41, 5.74) is 1.50. The van der Waals surface area contributed by atoms with Crippen LogP contribution in [0.25, 0.3) is 0 Å². The first kappa shape index (κ1) is 8.25. The number of hydrogen-bond acceptors (Lipinski definition) is 2. The van der Waals surface area contributed by atoms with Crippen molar-refractivity contribution in [2.45, 2.75) is 19.3 Å². The first-order valence-corrected chi connectivity index (χ1v) is 5.53. The third-order valence-electron chi connectivity index (χ3n) is 4.90. The van der Waals surface area contributed by atoms with Gasteiger partial charge in [0.2, 0.25) is 0 Å². The third-order valence-corrected chi connectivity index (χ3v) is 4.90. The molecule has 2 aliphatic heterocycles. The van der Waals surface area contributed by atoms with E-state index in [9.17, 15) is 0 Å². The molecule has 2 nitrogen and oxygen atoms in total. The highest BCUT2D eigenvalue weighted by Crippen LogP contribution is 2.64. The van der Waals surface area contributed by atoms with Gasteiger partial charge in [0, 0.05) is 25.0 Å². The van der Waals surface area contributed by atoms with Gasteiger partial charge in [0.15, 0.2) is 0 Å². The van der Waals surface area contributed by atoms with Crippen LogP contribution in [0, 0.1) is 10.8 Å². The molecule has 2 spiro atoms. The molecule has 13 heavy (non-hydrogen) atoms. The molecule has 3 rings (SSSR count). The van der Waals surface area contributed by atoms with Crippen LogP contribution < -0.4 is 0 Å². The van der Waals surface area contributed by atoms with Crippen LogP contribution in [0.4, 0.5) is 0 Å². The van der Waals surface area contributed by atoms with Gasteiger partial charge in [-0.3, -0.25) is 0 Å². The molecule has 3 fully saturated rings. The van der Waals surface area contributed by atoms with Crippen molar-refractivity contribution in [1.29, 1.82) is 0 Å². The average molecular weight is 180 g/mol. The van der Waals surface area contributed by atoms with Gasteiger partial charge in [-0.25, -0.2) is 0 Å². The summed E-state index contributed by atoms with van der Waals surface area (Å²) < 4.78 is 0. The number of nitrogens with zero attached hydrogens (tertiary/aromatic N) is 2. The summed E-state index contributed by atoms with van der Waals surface area (Å²) in [7, 11) is 4.54. The fourth-order valence-electron chi connectivity index (χ4n) is 4.03. The van der Waals surface area contributed by atoms with E-state index in [1.807, 2.05) is 0 Å². The lowest BCUT2D eigenvalue weighted by atomic mass is 9.46. The maximum absolute atomic E-state index is 2.53. The molecule has 0 N–H and O–H groups in total. The van der Waals surface area contributed by atoms with E-state index in [1.54, 1.807) is 0 Å². The first-order chi connectivity index (χ1) is 6.16. The Bertz CT molecular complexity index is 232. The highest BCUT2D eigenvalue weighted by atomic mass is 15.2. The number of rotatable bonds is 0. The number of hydrogen-bond donors (Lipinski definition) is 0. The number of likely N-dealkylation sites (tertiary alicyclic amines) is 2. The van der Waals surface area contributed by atoms with Gasteiger partial charge in [-0.1, -0.05) is 0 Å². The van der Waals surface area contributed by atoms with Gasteiger partial charge < -0.3 is 9.80 Å². The molecule has 0 amide bonds. The molecule has 0 aromatic rings. The molecule has 2 saturated heterocycles. The predicted octanol–water partition coefficient (Wildman–Crippen LogP) is 1.03. The van der Waals surface area contributed by atoms with Gasteiger partial charge in [-0.15, -0.1) is 0 Å². The molecule has 3 aliphatic rings. The van der Waals surface area contributed by atoms with Crippen LogP contribution in [-0.2, 0) is 0 Å². The Balaban J connectivity index is 1.79. The molecular formula is C11H20N2. The topological polar surface area (TPSA) is 6.48 Å². The van der Waals surface area contributed by atoms with E-state index in [1.165, 1.54) is 45.4 Å². The van der Waals surface area contributed by atoms with E-state index in [2.05, 4.69) is 23.9 Å². The summed E-state index contributed by atoms with van der Waals surface area (Å²) >= 11 is 0. The van der Waals surface area contributed by atoms with E-state index in [0.29, 0.717) is 0 Å². The van der Waals surface area contributed by atoms with Crippen LogP contribution in [0.3, 0.4) is 0 Å². The SMILES string of the molecule is CN1CCC2(CCC23CN(C)C3)C1. The van der Waals surface area contributed by atoms with E-state index in [4.69, 9.17) is 0 Å². The van der Waals surface area contributed by atoms with Crippen LogP contribution >= 0.6 is 0 Å². The normalized spacial score (nSPS) is 43.8. The van der Waals surface area contributed by atoms with E-state index >= 15 is 0 Å². The van der Waals surface area contributed by atoms with Crippen molar-refractivity contribution in [2.75, 3.05) is 40.3 Å². The highest BCUT2D eigenvalue weighted by molar-refractivity contribution is 5.16. The largest absolute Gasteiger partial charge is 0.306 e. The number of fused-ring (bicyclic) bond motifs is 1. The summed E-state index contributed by atoms with van der Waals surface area (Å²) in [4.78, 5) is 5.01. The second kappa shape index (κ2) is 2.29. The van der Waals surface area contributed by atoms with Gasteiger partial charge in [-0.05, 0) is 45.3 Å².